The molecule has 0 bridgehead atoms. The molecule has 4 nitrogen and oxygen atoms in total. The summed E-state index contributed by atoms with van der Waals surface area (Å²) in [6, 6.07) is 14.0. The zero-order chi connectivity index (χ0) is 17.8. The minimum absolute atomic E-state index is 0.394. The summed E-state index contributed by atoms with van der Waals surface area (Å²) in [4.78, 5) is 0. The zero-order valence-electron chi connectivity index (χ0n) is 14.5. The number of hydrogen-bond acceptors (Lipinski definition) is 4. The van der Waals surface area contributed by atoms with Gasteiger partial charge in [-0.2, -0.15) is 0 Å². The number of aromatic nitrogens is 3. The van der Waals surface area contributed by atoms with Crippen LogP contribution in [0.3, 0.4) is 0 Å². The maximum Gasteiger partial charge on any atom is 0.191 e. The third-order valence-electron chi connectivity index (χ3n) is 3.88. The van der Waals surface area contributed by atoms with E-state index in [1.54, 1.807) is 11.8 Å². The van der Waals surface area contributed by atoms with Crippen molar-refractivity contribution in [1.29, 1.82) is 0 Å². The van der Waals surface area contributed by atoms with Gasteiger partial charge >= 0.3 is 0 Å². The van der Waals surface area contributed by atoms with Crippen LogP contribution in [0.25, 0.3) is 0 Å². The first-order valence-electron chi connectivity index (χ1n) is 7.98. The fourth-order valence-electron chi connectivity index (χ4n) is 2.38. The number of thioether (sulfide) groups is 1. The van der Waals surface area contributed by atoms with E-state index in [9.17, 15) is 0 Å². The van der Waals surface area contributed by atoms with E-state index in [-0.39, 0.29) is 0 Å². The predicted molar refractivity (Wildman–Crippen MR) is 102 cm³/mol. The molecular formula is C19H20ClN3OS. The van der Waals surface area contributed by atoms with E-state index in [2.05, 4.69) is 35.3 Å². The first-order chi connectivity index (χ1) is 12.0. The van der Waals surface area contributed by atoms with Crippen LogP contribution in [0.5, 0.6) is 5.75 Å². The normalized spacial score (nSPS) is 10.9. The Morgan fingerprint density at radius 3 is 2.76 bits per heavy atom. The van der Waals surface area contributed by atoms with Crippen molar-refractivity contribution < 1.29 is 4.74 Å². The maximum atomic E-state index is 6.03. The van der Waals surface area contributed by atoms with Gasteiger partial charge in [-0.15, -0.1) is 10.2 Å². The highest BCUT2D eigenvalue weighted by Gasteiger charge is 2.11. The molecule has 0 saturated carbocycles. The Morgan fingerprint density at radius 1 is 1.12 bits per heavy atom. The van der Waals surface area contributed by atoms with Crippen molar-refractivity contribution in [1.82, 2.24) is 14.8 Å². The molecule has 0 fully saturated rings. The van der Waals surface area contributed by atoms with Crippen LogP contribution in [0.1, 0.15) is 22.5 Å². The Labute approximate surface area is 157 Å². The van der Waals surface area contributed by atoms with Crippen LogP contribution in [-0.4, -0.2) is 14.8 Å². The Hall–Kier alpha value is -1.98. The van der Waals surface area contributed by atoms with Gasteiger partial charge in [-0.25, -0.2) is 0 Å². The van der Waals surface area contributed by atoms with E-state index in [0.717, 1.165) is 38.6 Å². The summed E-state index contributed by atoms with van der Waals surface area (Å²) in [5.41, 5.74) is 3.45. The molecule has 0 atom stereocenters. The van der Waals surface area contributed by atoms with Crippen LogP contribution in [0.15, 0.2) is 47.6 Å². The maximum absolute atomic E-state index is 6.03. The average molecular weight is 374 g/mol. The minimum atomic E-state index is 0.394. The largest absolute Gasteiger partial charge is 0.485 e. The molecule has 0 saturated heterocycles. The smallest absolute Gasteiger partial charge is 0.191 e. The summed E-state index contributed by atoms with van der Waals surface area (Å²) in [5.74, 6) is 2.48. The number of halogens is 1. The molecule has 3 aromatic rings. The SMILES string of the molecule is Cc1ccc(C)c(OCc2nnc(SCc3cccc(Cl)c3)n2C)c1. The molecular weight excluding hydrogens is 354 g/mol. The summed E-state index contributed by atoms with van der Waals surface area (Å²) in [6.45, 7) is 4.49. The predicted octanol–water partition coefficient (Wildman–Crippen LogP) is 4.96. The Bertz CT molecular complexity index is 879. The van der Waals surface area contributed by atoms with Gasteiger partial charge in [0.1, 0.15) is 12.4 Å². The standard InChI is InChI=1S/C19H20ClN3OS/c1-13-7-8-14(2)17(9-13)24-11-18-21-22-19(23(18)3)25-12-15-5-4-6-16(20)10-15/h4-10H,11-12H2,1-3H3. The quantitative estimate of drug-likeness (QED) is 0.573. The molecule has 25 heavy (non-hydrogen) atoms. The number of hydrogen-bond donors (Lipinski definition) is 0. The second-order valence-electron chi connectivity index (χ2n) is 5.93. The van der Waals surface area contributed by atoms with Gasteiger partial charge in [-0.1, -0.05) is 47.6 Å². The first-order valence-corrected chi connectivity index (χ1v) is 9.35. The summed E-state index contributed by atoms with van der Waals surface area (Å²) < 4.78 is 7.90. The molecule has 6 heteroatoms. The second-order valence-corrected chi connectivity index (χ2v) is 7.31. The van der Waals surface area contributed by atoms with Gasteiger partial charge in [0.05, 0.1) is 0 Å². The van der Waals surface area contributed by atoms with Gasteiger partial charge in [0.25, 0.3) is 0 Å². The Kier molecular flexibility index (Phi) is 5.66. The van der Waals surface area contributed by atoms with Crippen LogP contribution >= 0.6 is 23.4 Å². The molecule has 1 heterocycles. The van der Waals surface area contributed by atoms with Crippen LogP contribution in [0.4, 0.5) is 0 Å². The summed E-state index contributed by atoms with van der Waals surface area (Å²) in [6.07, 6.45) is 0. The molecule has 0 aliphatic carbocycles. The van der Waals surface area contributed by atoms with Crippen molar-refractivity contribution in [2.24, 2.45) is 7.05 Å². The highest BCUT2D eigenvalue weighted by Crippen LogP contribution is 2.24. The number of rotatable bonds is 6. The second kappa shape index (κ2) is 7.93. The van der Waals surface area contributed by atoms with E-state index in [4.69, 9.17) is 16.3 Å². The molecule has 0 aliphatic rings. The van der Waals surface area contributed by atoms with Gasteiger partial charge in [0.2, 0.25) is 0 Å². The lowest BCUT2D eigenvalue weighted by molar-refractivity contribution is 0.288. The van der Waals surface area contributed by atoms with Crippen molar-refractivity contribution in [2.45, 2.75) is 31.4 Å². The summed E-state index contributed by atoms with van der Waals surface area (Å²) in [5, 5.41) is 10.1. The van der Waals surface area contributed by atoms with E-state index >= 15 is 0 Å². The molecule has 0 amide bonds. The van der Waals surface area contributed by atoms with Crippen molar-refractivity contribution >= 4 is 23.4 Å². The number of ether oxygens (including phenoxy) is 1. The van der Waals surface area contributed by atoms with Crippen molar-refractivity contribution in [3.05, 3.63) is 70.0 Å². The van der Waals surface area contributed by atoms with E-state index in [0.29, 0.717) is 6.61 Å². The molecule has 0 radical (unpaired) electrons. The third-order valence-corrected chi connectivity index (χ3v) is 5.21. The molecule has 0 spiro atoms. The zero-order valence-corrected chi connectivity index (χ0v) is 16.1. The number of nitrogens with zero attached hydrogens (tertiary/aromatic N) is 3. The third kappa shape index (κ3) is 4.55. The lowest BCUT2D eigenvalue weighted by atomic mass is 10.1. The van der Waals surface area contributed by atoms with Gasteiger partial charge in [0, 0.05) is 17.8 Å². The minimum Gasteiger partial charge on any atom is -0.485 e. The highest BCUT2D eigenvalue weighted by molar-refractivity contribution is 7.98. The van der Waals surface area contributed by atoms with Crippen LogP contribution in [0.2, 0.25) is 5.02 Å². The van der Waals surface area contributed by atoms with Gasteiger partial charge in [-0.3, -0.25) is 0 Å². The van der Waals surface area contributed by atoms with Crippen LogP contribution in [0, 0.1) is 13.8 Å². The highest BCUT2D eigenvalue weighted by atomic mass is 35.5. The lowest BCUT2D eigenvalue weighted by Crippen LogP contribution is -2.05. The van der Waals surface area contributed by atoms with Gasteiger partial charge in [-0.05, 0) is 48.7 Å². The fourth-order valence-corrected chi connectivity index (χ4v) is 3.46. The van der Waals surface area contributed by atoms with E-state index in [1.807, 2.05) is 42.8 Å². The number of aryl methyl sites for hydroxylation is 2. The van der Waals surface area contributed by atoms with Crippen molar-refractivity contribution in [3.63, 3.8) is 0 Å². The number of benzene rings is 2. The molecule has 3 rings (SSSR count). The summed E-state index contributed by atoms with van der Waals surface area (Å²) >= 11 is 7.66. The van der Waals surface area contributed by atoms with Gasteiger partial charge < -0.3 is 9.30 Å². The molecule has 0 aliphatic heterocycles. The van der Waals surface area contributed by atoms with Crippen LogP contribution in [-0.2, 0) is 19.4 Å². The topological polar surface area (TPSA) is 39.9 Å². The van der Waals surface area contributed by atoms with Gasteiger partial charge in [0.15, 0.2) is 11.0 Å². The molecule has 1 aromatic heterocycles. The Morgan fingerprint density at radius 2 is 1.96 bits per heavy atom. The molecule has 0 N–H and O–H groups in total. The Balaban J connectivity index is 1.63. The molecule has 130 valence electrons. The summed E-state index contributed by atoms with van der Waals surface area (Å²) in [7, 11) is 1.96. The molecule has 2 aromatic carbocycles. The van der Waals surface area contributed by atoms with Crippen LogP contribution < -0.4 is 4.74 Å². The average Bonchev–Trinajstić information content (AvgIpc) is 2.94. The molecule has 0 unspecified atom stereocenters. The van der Waals surface area contributed by atoms with E-state index < -0.39 is 0 Å². The van der Waals surface area contributed by atoms with Crippen molar-refractivity contribution in [2.75, 3.05) is 0 Å². The lowest BCUT2D eigenvalue weighted by Gasteiger charge is -2.10. The first kappa shape index (κ1) is 17.8. The fraction of sp³-hybridized carbons (Fsp3) is 0.263. The van der Waals surface area contributed by atoms with E-state index in [1.165, 1.54) is 5.56 Å². The van der Waals surface area contributed by atoms with Crippen molar-refractivity contribution in [3.8, 4) is 5.75 Å². The monoisotopic (exact) mass is 373 g/mol.